The Bertz CT molecular complexity index is 967. The Morgan fingerprint density at radius 2 is 1.79 bits per heavy atom. The first-order valence-electron chi connectivity index (χ1n) is 6.22. The van der Waals surface area contributed by atoms with E-state index in [1.807, 2.05) is 0 Å². The van der Waals surface area contributed by atoms with Crippen molar-refractivity contribution in [2.45, 2.75) is 19.3 Å². The van der Waals surface area contributed by atoms with Crippen molar-refractivity contribution in [1.82, 2.24) is 19.2 Å². The minimum atomic E-state index is -5.37. The van der Waals surface area contributed by atoms with Crippen LogP contribution >= 0.6 is 11.3 Å². The fraction of sp³-hybridized carbons (Fsp3) is 0.250. The number of fused-ring (bicyclic) bond motifs is 1. The lowest BCUT2D eigenvalue weighted by Crippen LogP contribution is -2.26. The van der Waals surface area contributed by atoms with E-state index in [0.717, 1.165) is 4.68 Å². The fourth-order valence-corrected chi connectivity index (χ4v) is 3.15. The van der Waals surface area contributed by atoms with Crippen LogP contribution in [0.2, 0.25) is 0 Å². The molecule has 0 saturated heterocycles. The summed E-state index contributed by atoms with van der Waals surface area (Å²) in [7, 11) is 0. The minimum Gasteiger partial charge on any atom is -0.268 e. The zero-order valence-corrected chi connectivity index (χ0v) is 12.4. The Kier molecular flexibility index (Phi) is 3.48. The highest BCUT2D eigenvalue weighted by Crippen LogP contribution is 2.44. The van der Waals surface area contributed by atoms with Gasteiger partial charge in [-0.05, 0) is 13.0 Å². The van der Waals surface area contributed by atoms with Crippen molar-refractivity contribution in [3.63, 3.8) is 0 Å². The van der Waals surface area contributed by atoms with Crippen LogP contribution in [0.25, 0.3) is 10.8 Å². The molecule has 0 saturated carbocycles. The Morgan fingerprint density at radius 1 is 1.12 bits per heavy atom. The van der Waals surface area contributed by atoms with Crippen LogP contribution in [0.3, 0.4) is 0 Å². The maximum atomic E-state index is 13.1. The lowest BCUT2D eigenvalue weighted by Gasteiger charge is -2.11. The number of thiazole rings is 1. The van der Waals surface area contributed by atoms with Crippen LogP contribution in [0, 0.1) is 6.92 Å². The number of aromatic nitrogens is 4. The molecule has 3 aromatic rings. The number of hydrogen-bond donors (Lipinski definition) is 0. The van der Waals surface area contributed by atoms with Crippen molar-refractivity contribution in [3.05, 3.63) is 44.9 Å². The highest BCUT2D eigenvalue weighted by molar-refractivity contribution is 7.17. The second kappa shape index (κ2) is 5.06. The van der Waals surface area contributed by atoms with Gasteiger partial charge in [-0.25, -0.2) is 14.1 Å². The molecule has 0 N–H and O–H groups in total. The van der Waals surface area contributed by atoms with Gasteiger partial charge in [0.05, 0.1) is 5.56 Å². The van der Waals surface area contributed by atoms with Crippen molar-refractivity contribution >= 4 is 16.3 Å². The molecule has 24 heavy (non-hydrogen) atoms. The number of rotatable bonds is 1. The van der Waals surface area contributed by atoms with Crippen LogP contribution in [0.1, 0.15) is 16.1 Å². The van der Waals surface area contributed by atoms with Gasteiger partial charge in [0.25, 0.3) is 5.56 Å². The summed E-state index contributed by atoms with van der Waals surface area (Å²) in [5.74, 6) is -0.131. The first kappa shape index (κ1) is 16.5. The standard InChI is InChI=1S/C12H6F6N4OS/c1-5-8(21-4-2-3-19-21)20-10-22(9(5)23)6(11(13,14)15)7(24-10)12(16,17)18/h2-4H,1H3. The molecule has 12 heteroatoms. The maximum Gasteiger partial charge on any atom is 0.433 e. The topological polar surface area (TPSA) is 52.2 Å². The average Bonchev–Trinajstić information content (AvgIpc) is 3.07. The van der Waals surface area contributed by atoms with Crippen LogP contribution in [0.4, 0.5) is 26.3 Å². The van der Waals surface area contributed by atoms with Gasteiger partial charge < -0.3 is 0 Å². The highest BCUT2D eigenvalue weighted by Gasteiger charge is 2.48. The van der Waals surface area contributed by atoms with E-state index in [1.54, 1.807) is 0 Å². The predicted molar refractivity (Wildman–Crippen MR) is 71.2 cm³/mol. The molecule has 0 aliphatic carbocycles. The third kappa shape index (κ3) is 2.46. The molecule has 128 valence electrons. The Balaban J connectivity index is 2.46. The molecule has 0 fully saturated rings. The van der Waals surface area contributed by atoms with E-state index in [9.17, 15) is 31.1 Å². The molecule has 0 bridgehead atoms. The lowest BCUT2D eigenvalue weighted by molar-refractivity contribution is -0.162. The maximum absolute atomic E-state index is 13.1. The number of nitrogens with zero attached hydrogens (tertiary/aromatic N) is 4. The van der Waals surface area contributed by atoms with Gasteiger partial charge in [-0.15, -0.1) is 0 Å². The van der Waals surface area contributed by atoms with E-state index >= 15 is 0 Å². The molecule has 0 spiro atoms. The zero-order valence-electron chi connectivity index (χ0n) is 11.6. The van der Waals surface area contributed by atoms with E-state index in [0.29, 0.717) is 0 Å². The summed E-state index contributed by atoms with van der Waals surface area (Å²) in [4.78, 5) is 13.4. The van der Waals surface area contributed by atoms with Crippen LogP contribution < -0.4 is 5.56 Å². The van der Waals surface area contributed by atoms with E-state index < -0.39 is 33.4 Å². The molecular formula is C12H6F6N4OS. The molecule has 0 aliphatic heterocycles. The highest BCUT2D eigenvalue weighted by atomic mass is 32.1. The molecular weight excluding hydrogens is 362 g/mol. The van der Waals surface area contributed by atoms with E-state index in [2.05, 4.69) is 10.1 Å². The van der Waals surface area contributed by atoms with E-state index in [4.69, 9.17) is 0 Å². The van der Waals surface area contributed by atoms with Gasteiger partial charge in [0, 0.05) is 12.4 Å². The van der Waals surface area contributed by atoms with Crippen LogP contribution in [0.15, 0.2) is 23.3 Å². The SMILES string of the molecule is Cc1c(-n2cccn2)nc2sc(C(F)(F)F)c(C(F)(F)F)n2c1=O. The minimum absolute atomic E-state index is 0.0458. The summed E-state index contributed by atoms with van der Waals surface area (Å²) < 4.78 is 79.4. The second-order valence-corrected chi connectivity index (χ2v) is 5.69. The first-order valence-corrected chi connectivity index (χ1v) is 7.04. The molecule has 0 unspecified atom stereocenters. The van der Waals surface area contributed by atoms with Gasteiger partial charge in [-0.1, -0.05) is 11.3 Å². The van der Waals surface area contributed by atoms with Crippen LogP contribution in [0.5, 0.6) is 0 Å². The third-order valence-corrected chi connectivity index (χ3v) is 4.22. The molecule has 0 amide bonds. The summed E-state index contributed by atoms with van der Waals surface area (Å²) in [6.45, 7) is 1.17. The Labute approximate surface area is 132 Å². The normalized spacial score (nSPS) is 13.0. The molecule has 3 heterocycles. The molecule has 0 radical (unpaired) electrons. The van der Waals surface area contributed by atoms with Crippen molar-refractivity contribution in [2.75, 3.05) is 0 Å². The number of halogens is 6. The molecule has 0 atom stereocenters. The fourth-order valence-electron chi connectivity index (χ4n) is 2.15. The van der Waals surface area contributed by atoms with Gasteiger partial charge in [0.2, 0.25) is 0 Å². The zero-order chi connectivity index (χ0) is 17.9. The van der Waals surface area contributed by atoms with Crippen LogP contribution in [-0.2, 0) is 12.4 Å². The van der Waals surface area contributed by atoms with E-state index in [1.165, 1.54) is 25.4 Å². The average molecular weight is 368 g/mol. The van der Waals surface area contributed by atoms with Crippen molar-refractivity contribution in [2.24, 2.45) is 0 Å². The smallest absolute Gasteiger partial charge is 0.268 e. The van der Waals surface area contributed by atoms with Gasteiger partial charge in [-0.3, -0.25) is 4.79 Å². The summed E-state index contributed by atoms with van der Waals surface area (Å²) in [5.41, 5.74) is -3.56. The predicted octanol–water partition coefficient (Wildman–Crippen LogP) is 3.29. The van der Waals surface area contributed by atoms with Crippen LogP contribution in [-0.4, -0.2) is 19.2 Å². The van der Waals surface area contributed by atoms with Gasteiger partial charge in [0.1, 0.15) is 4.88 Å². The second-order valence-electron chi connectivity index (χ2n) is 4.71. The largest absolute Gasteiger partial charge is 0.433 e. The summed E-state index contributed by atoms with van der Waals surface area (Å²) in [5, 5.41) is 3.79. The molecule has 0 aromatic carbocycles. The Morgan fingerprint density at radius 3 is 2.29 bits per heavy atom. The summed E-state index contributed by atoms with van der Waals surface area (Å²) in [6.07, 6.45) is -7.93. The van der Waals surface area contributed by atoms with E-state index in [-0.39, 0.29) is 27.1 Å². The van der Waals surface area contributed by atoms with Gasteiger partial charge in [-0.2, -0.15) is 31.4 Å². The van der Waals surface area contributed by atoms with Gasteiger partial charge >= 0.3 is 12.4 Å². The van der Waals surface area contributed by atoms with Crippen molar-refractivity contribution < 1.29 is 26.3 Å². The quantitative estimate of drug-likeness (QED) is 0.620. The van der Waals surface area contributed by atoms with Crippen molar-refractivity contribution in [1.29, 1.82) is 0 Å². The van der Waals surface area contributed by atoms with Gasteiger partial charge in [0.15, 0.2) is 16.5 Å². The van der Waals surface area contributed by atoms with Crippen molar-refractivity contribution in [3.8, 4) is 5.82 Å². The summed E-state index contributed by atoms with van der Waals surface area (Å²) >= 11 is -0.242. The lowest BCUT2D eigenvalue weighted by atomic mass is 10.3. The number of hydrogen-bond acceptors (Lipinski definition) is 4. The molecule has 0 aliphatic rings. The molecule has 5 nitrogen and oxygen atoms in total. The first-order chi connectivity index (χ1) is 11.0. The molecule has 3 aromatic heterocycles. The summed E-state index contributed by atoms with van der Waals surface area (Å²) in [6, 6.07) is 1.47. The third-order valence-electron chi connectivity index (χ3n) is 3.13. The molecule has 3 rings (SSSR count). The number of alkyl halides is 6. The monoisotopic (exact) mass is 368 g/mol. The Hall–Kier alpha value is -2.37.